The molecule has 2 aliphatic rings. The van der Waals surface area contributed by atoms with Gasteiger partial charge in [0.25, 0.3) is 0 Å². The average molecular weight is 406 g/mol. The fourth-order valence-corrected chi connectivity index (χ4v) is 4.22. The van der Waals surface area contributed by atoms with Gasteiger partial charge in [0.05, 0.1) is 30.2 Å². The zero-order valence-electron chi connectivity index (χ0n) is 14.6. The lowest BCUT2D eigenvalue weighted by molar-refractivity contribution is -0.0103. The average Bonchev–Trinajstić information content (AvgIpc) is 2.91. The highest BCUT2D eigenvalue weighted by atomic mass is 79.9. The van der Waals surface area contributed by atoms with Gasteiger partial charge >= 0.3 is 0 Å². The van der Waals surface area contributed by atoms with Crippen LogP contribution in [0.3, 0.4) is 0 Å². The van der Waals surface area contributed by atoms with Crippen LogP contribution in [0.1, 0.15) is 44.7 Å². The molecule has 6 nitrogen and oxygen atoms in total. The van der Waals surface area contributed by atoms with Crippen molar-refractivity contribution in [1.82, 2.24) is 20.1 Å². The molecule has 0 saturated carbocycles. The molecular weight excluding hydrogens is 382 g/mol. The van der Waals surface area contributed by atoms with E-state index < -0.39 is 0 Å². The molecule has 1 atom stereocenters. The number of hydrogen-bond acceptors (Lipinski definition) is 5. The molecule has 1 unspecified atom stereocenters. The maximum absolute atomic E-state index is 6.13. The minimum atomic E-state index is 0.256. The van der Waals surface area contributed by atoms with E-state index in [4.69, 9.17) is 10.5 Å². The molecule has 134 valence electrons. The first kappa shape index (κ1) is 17.0. The summed E-state index contributed by atoms with van der Waals surface area (Å²) < 4.78 is 8.06. The summed E-state index contributed by atoms with van der Waals surface area (Å²) in [7, 11) is 0. The van der Waals surface area contributed by atoms with Gasteiger partial charge in [-0.15, -0.1) is 0 Å². The normalized spacial score (nSPS) is 21.6. The third-order valence-electron chi connectivity index (χ3n) is 5.07. The Labute approximate surface area is 155 Å². The minimum Gasteiger partial charge on any atom is -0.383 e. The third kappa shape index (κ3) is 3.09. The zero-order valence-corrected chi connectivity index (χ0v) is 16.2. The van der Waals surface area contributed by atoms with Crippen LogP contribution in [0.25, 0.3) is 16.5 Å². The number of anilines is 1. The van der Waals surface area contributed by atoms with Crippen LogP contribution in [-0.4, -0.2) is 40.1 Å². The van der Waals surface area contributed by atoms with Gasteiger partial charge in [-0.25, -0.2) is 4.98 Å². The van der Waals surface area contributed by atoms with Crippen molar-refractivity contribution in [3.63, 3.8) is 0 Å². The van der Waals surface area contributed by atoms with Gasteiger partial charge in [-0.05, 0) is 54.6 Å². The number of pyridine rings is 1. The third-order valence-corrected chi connectivity index (χ3v) is 5.62. The van der Waals surface area contributed by atoms with Crippen molar-refractivity contribution >= 4 is 38.2 Å². The monoisotopic (exact) mass is 405 g/mol. The highest BCUT2D eigenvalue weighted by Gasteiger charge is 2.25. The van der Waals surface area contributed by atoms with Crippen molar-refractivity contribution in [2.45, 2.75) is 51.2 Å². The van der Waals surface area contributed by atoms with E-state index in [2.05, 4.69) is 51.3 Å². The zero-order chi connectivity index (χ0) is 17.6. The second kappa shape index (κ2) is 6.70. The Hall–Kier alpha value is -1.44. The van der Waals surface area contributed by atoms with E-state index in [9.17, 15) is 0 Å². The maximum atomic E-state index is 6.13. The Bertz CT molecular complexity index is 824. The molecule has 0 radical (unpaired) electrons. The summed E-state index contributed by atoms with van der Waals surface area (Å²) in [5.74, 6) is 0.526. The molecule has 0 amide bonds. The van der Waals surface area contributed by atoms with E-state index in [1.165, 1.54) is 5.57 Å². The van der Waals surface area contributed by atoms with E-state index >= 15 is 0 Å². The number of rotatable bonds is 4. The molecule has 1 aliphatic carbocycles. The fraction of sp³-hybridized carbons (Fsp3) is 0.556. The predicted molar refractivity (Wildman–Crippen MR) is 103 cm³/mol. The Balaban J connectivity index is 1.68. The first-order valence-corrected chi connectivity index (χ1v) is 9.69. The highest BCUT2D eigenvalue weighted by molar-refractivity contribution is 9.10. The van der Waals surface area contributed by atoms with E-state index in [-0.39, 0.29) is 6.04 Å². The van der Waals surface area contributed by atoms with Crippen LogP contribution >= 0.6 is 15.9 Å². The quantitative estimate of drug-likeness (QED) is 0.815. The van der Waals surface area contributed by atoms with Crippen LogP contribution in [0, 0.1) is 0 Å². The van der Waals surface area contributed by atoms with Crippen LogP contribution < -0.4 is 11.1 Å². The van der Waals surface area contributed by atoms with Crippen LogP contribution in [0.2, 0.25) is 0 Å². The van der Waals surface area contributed by atoms with Gasteiger partial charge in [0.1, 0.15) is 10.4 Å². The number of aromatic nitrogens is 3. The molecule has 1 fully saturated rings. The van der Waals surface area contributed by atoms with Crippen LogP contribution in [0.15, 0.2) is 16.9 Å². The largest absolute Gasteiger partial charge is 0.383 e. The number of fused-ring (bicyclic) bond motifs is 1. The number of allylic oxidation sites excluding steroid dienone is 1. The summed E-state index contributed by atoms with van der Waals surface area (Å²) in [6.07, 6.45) is 7.45. The van der Waals surface area contributed by atoms with Crippen LogP contribution in [0.5, 0.6) is 0 Å². The second-order valence-corrected chi connectivity index (χ2v) is 7.96. The number of nitrogen functional groups attached to an aromatic ring is 1. The van der Waals surface area contributed by atoms with Crippen molar-refractivity contribution in [2.24, 2.45) is 0 Å². The van der Waals surface area contributed by atoms with E-state index in [0.29, 0.717) is 17.9 Å². The molecule has 2 aromatic rings. The first-order chi connectivity index (χ1) is 12.0. The summed E-state index contributed by atoms with van der Waals surface area (Å²) in [4.78, 5) is 4.43. The Morgan fingerprint density at radius 3 is 2.76 bits per heavy atom. The Kier molecular flexibility index (Phi) is 4.56. The summed E-state index contributed by atoms with van der Waals surface area (Å²) in [6.45, 7) is 5.96. The van der Waals surface area contributed by atoms with E-state index in [1.54, 1.807) is 0 Å². The Morgan fingerprint density at radius 2 is 2.16 bits per heavy atom. The SMILES string of the molecule is CC(C)n1nc(Br)c2c(N)ncc(C3=CCC(NC4COC4)CC3)c21. The number of nitrogens with zero attached hydrogens (tertiary/aromatic N) is 3. The topological polar surface area (TPSA) is 78.0 Å². The fourth-order valence-electron chi connectivity index (χ4n) is 3.66. The molecule has 3 heterocycles. The number of ether oxygens (including phenoxy) is 1. The summed E-state index contributed by atoms with van der Waals surface area (Å²) in [5, 5.41) is 9.23. The molecule has 1 saturated heterocycles. The van der Waals surface area contributed by atoms with E-state index in [0.717, 1.165) is 53.5 Å². The van der Waals surface area contributed by atoms with Gasteiger partial charge < -0.3 is 15.8 Å². The van der Waals surface area contributed by atoms with Gasteiger partial charge in [0.2, 0.25) is 0 Å². The van der Waals surface area contributed by atoms with Gasteiger partial charge in [-0.1, -0.05) is 6.08 Å². The number of nitrogens with two attached hydrogens (primary N) is 1. The molecule has 0 bridgehead atoms. The van der Waals surface area contributed by atoms with E-state index in [1.807, 2.05) is 10.9 Å². The lowest BCUT2D eigenvalue weighted by Crippen LogP contribution is -2.50. The summed E-state index contributed by atoms with van der Waals surface area (Å²) >= 11 is 3.55. The smallest absolute Gasteiger partial charge is 0.139 e. The van der Waals surface area contributed by atoms with Crippen molar-refractivity contribution in [1.29, 1.82) is 0 Å². The summed E-state index contributed by atoms with van der Waals surface area (Å²) in [5.41, 5.74) is 9.71. The first-order valence-electron chi connectivity index (χ1n) is 8.90. The van der Waals surface area contributed by atoms with Crippen molar-refractivity contribution in [2.75, 3.05) is 18.9 Å². The minimum absolute atomic E-state index is 0.256. The molecule has 1 aliphatic heterocycles. The molecule has 2 aromatic heterocycles. The van der Waals surface area contributed by atoms with Gasteiger partial charge in [-0.3, -0.25) is 4.68 Å². The molecule has 0 aromatic carbocycles. The lowest BCUT2D eigenvalue weighted by atomic mass is 9.90. The van der Waals surface area contributed by atoms with Gasteiger partial charge in [0.15, 0.2) is 0 Å². The van der Waals surface area contributed by atoms with Crippen LogP contribution in [0.4, 0.5) is 5.82 Å². The van der Waals surface area contributed by atoms with Crippen molar-refractivity contribution < 1.29 is 4.74 Å². The maximum Gasteiger partial charge on any atom is 0.139 e. The lowest BCUT2D eigenvalue weighted by Gasteiger charge is -2.33. The number of hydrogen-bond donors (Lipinski definition) is 2. The standard InChI is InChI=1S/C18H24BrN5O/c1-10(2)24-16-14(7-21-18(20)15(16)17(19)23-24)11-3-5-12(6-4-11)22-13-8-25-9-13/h3,7,10,12-13,22H,4-6,8-9H2,1-2H3,(H2,20,21). The molecule has 25 heavy (non-hydrogen) atoms. The molecule has 3 N–H and O–H groups in total. The highest BCUT2D eigenvalue weighted by Crippen LogP contribution is 2.37. The van der Waals surface area contributed by atoms with Crippen molar-refractivity contribution in [3.05, 3.63) is 22.4 Å². The second-order valence-electron chi connectivity index (χ2n) is 7.21. The molecule has 4 rings (SSSR count). The molecule has 7 heteroatoms. The Morgan fingerprint density at radius 1 is 1.36 bits per heavy atom. The number of halogens is 1. The predicted octanol–water partition coefficient (Wildman–Crippen LogP) is 3.28. The molecule has 0 spiro atoms. The number of nitrogens with one attached hydrogen (secondary N) is 1. The summed E-state index contributed by atoms with van der Waals surface area (Å²) in [6, 6.07) is 1.33. The van der Waals surface area contributed by atoms with Gasteiger partial charge in [0, 0.05) is 23.8 Å². The molecular formula is C18H24BrN5O. The van der Waals surface area contributed by atoms with Crippen LogP contribution in [-0.2, 0) is 4.74 Å². The van der Waals surface area contributed by atoms with Gasteiger partial charge in [-0.2, -0.15) is 5.10 Å². The van der Waals surface area contributed by atoms with Crippen molar-refractivity contribution in [3.8, 4) is 0 Å².